The summed E-state index contributed by atoms with van der Waals surface area (Å²) < 4.78 is 10.9. The number of hydrogen-bond acceptors (Lipinski definition) is 3. The predicted octanol–water partition coefficient (Wildman–Crippen LogP) is 2.69. The van der Waals surface area contributed by atoms with Crippen LogP contribution in [0.2, 0.25) is 5.02 Å². The van der Waals surface area contributed by atoms with Gasteiger partial charge < -0.3 is 9.47 Å². The Labute approximate surface area is 114 Å². The van der Waals surface area contributed by atoms with Crippen LogP contribution in [-0.4, -0.2) is 44.9 Å². The minimum atomic E-state index is 0.676. The van der Waals surface area contributed by atoms with Gasteiger partial charge in [-0.1, -0.05) is 23.7 Å². The number of nitrogens with zero attached hydrogens (tertiary/aromatic N) is 1. The van der Waals surface area contributed by atoms with Crippen LogP contribution >= 0.6 is 11.6 Å². The molecule has 0 spiro atoms. The number of likely N-dealkylation sites (tertiary alicyclic amines) is 1. The lowest BCUT2D eigenvalue weighted by atomic mass is 10.1. The molecule has 18 heavy (non-hydrogen) atoms. The Morgan fingerprint density at radius 2 is 2.22 bits per heavy atom. The number of rotatable bonds is 6. The molecule has 1 aromatic carbocycles. The van der Waals surface area contributed by atoms with E-state index in [2.05, 4.69) is 4.90 Å². The third kappa shape index (κ3) is 3.87. The van der Waals surface area contributed by atoms with Crippen LogP contribution in [0.4, 0.5) is 0 Å². The zero-order valence-corrected chi connectivity index (χ0v) is 11.5. The second-order valence-corrected chi connectivity index (χ2v) is 5.10. The van der Waals surface area contributed by atoms with E-state index in [-0.39, 0.29) is 0 Å². The molecule has 0 radical (unpaired) electrons. The zero-order chi connectivity index (χ0) is 12.8. The molecule has 0 aromatic heterocycles. The molecule has 0 N–H and O–H groups in total. The molecular formula is C14H20ClNO2. The molecule has 4 heteroatoms. The lowest BCUT2D eigenvalue weighted by Gasteiger charge is -2.16. The van der Waals surface area contributed by atoms with Gasteiger partial charge in [0.05, 0.1) is 11.6 Å². The van der Waals surface area contributed by atoms with Gasteiger partial charge in [0.1, 0.15) is 12.4 Å². The number of ether oxygens (including phenoxy) is 2. The third-order valence-electron chi connectivity index (χ3n) is 3.27. The van der Waals surface area contributed by atoms with Crippen LogP contribution in [0.1, 0.15) is 6.42 Å². The van der Waals surface area contributed by atoms with E-state index in [4.69, 9.17) is 21.1 Å². The van der Waals surface area contributed by atoms with Crippen LogP contribution < -0.4 is 4.74 Å². The minimum absolute atomic E-state index is 0.676. The van der Waals surface area contributed by atoms with Gasteiger partial charge in [-0.15, -0.1) is 0 Å². The normalized spacial score (nSPS) is 20.2. The van der Waals surface area contributed by atoms with Crippen LogP contribution in [-0.2, 0) is 4.74 Å². The van der Waals surface area contributed by atoms with Crippen molar-refractivity contribution < 1.29 is 9.47 Å². The maximum atomic E-state index is 6.03. The van der Waals surface area contributed by atoms with Crippen LogP contribution in [0.15, 0.2) is 24.3 Å². The first-order chi connectivity index (χ1) is 8.79. The van der Waals surface area contributed by atoms with Crippen molar-refractivity contribution in [3.63, 3.8) is 0 Å². The van der Waals surface area contributed by atoms with Crippen LogP contribution in [0.5, 0.6) is 5.75 Å². The van der Waals surface area contributed by atoms with Crippen molar-refractivity contribution >= 4 is 11.6 Å². The molecule has 1 fully saturated rings. The molecule has 0 aliphatic carbocycles. The van der Waals surface area contributed by atoms with E-state index < -0.39 is 0 Å². The number of methoxy groups -OCH3 is 1. The average molecular weight is 270 g/mol. The second kappa shape index (κ2) is 6.98. The Kier molecular flexibility index (Phi) is 5.29. The SMILES string of the molecule is COC[C@H]1CCN(CCOc2ccccc2Cl)C1. The van der Waals surface area contributed by atoms with Gasteiger partial charge in [-0.05, 0) is 31.0 Å². The fraction of sp³-hybridized carbons (Fsp3) is 0.571. The molecule has 1 heterocycles. The molecule has 1 atom stereocenters. The molecular weight excluding hydrogens is 250 g/mol. The number of halogens is 1. The third-order valence-corrected chi connectivity index (χ3v) is 3.59. The van der Waals surface area contributed by atoms with Crippen LogP contribution in [0.3, 0.4) is 0 Å². The van der Waals surface area contributed by atoms with Crippen molar-refractivity contribution in [2.75, 3.05) is 40.0 Å². The maximum absolute atomic E-state index is 6.03. The smallest absolute Gasteiger partial charge is 0.137 e. The molecule has 1 saturated heterocycles. The first-order valence-corrected chi connectivity index (χ1v) is 6.76. The molecule has 0 unspecified atom stereocenters. The first kappa shape index (κ1) is 13.7. The Hall–Kier alpha value is -0.770. The number of hydrogen-bond donors (Lipinski definition) is 0. The molecule has 1 aliphatic heterocycles. The van der Waals surface area contributed by atoms with Crippen molar-refractivity contribution in [2.45, 2.75) is 6.42 Å². The Morgan fingerprint density at radius 1 is 1.39 bits per heavy atom. The Bertz CT molecular complexity index is 373. The summed E-state index contributed by atoms with van der Waals surface area (Å²) in [5, 5.41) is 0.677. The highest BCUT2D eigenvalue weighted by Gasteiger charge is 2.21. The molecule has 1 aliphatic rings. The van der Waals surface area contributed by atoms with Crippen LogP contribution in [0, 0.1) is 5.92 Å². The van der Waals surface area contributed by atoms with Gasteiger partial charge >= 0.3 is 0 Å². The monoisotopic (exact) mass is 269 g/mol. The number of benzene rings is 1. The highest BCUT2D eigenvalue weighted by atomic mass is 35.5. The summed E-state index contributed by atoms with van der Waals surface area (Å²) in [6, 6.07) is 7.60. The quantitative estimate of drug-likeness (QED) is 0.793. The molecule has 0 amide bonds. The summed E-state index contributed by atoms with van der Waals surface area (Å²) in [4.78, 5) is 2.42. The summed E-state index contributed by atoms with van der Waals surface area (Å²) in [6.45, 7) is 4.75. The van der Waals surface area contributed by atoms with Crippen molar-refractivity contribution in [1.29, 1.82) is 0 Å². The molecule has 2 rings (SSSR count). The molecule has 100 valence electrons. The summed E-state index contributed by atoms with van der Waals surface area (Å²) in [5.41, 5.74) is 0. The first-order valence-electron chi connectivity index (χ1n) is 6.38. The molecule has 0 saturated carbocycles. The van der Waals surface area contributed by atoms with Gasteiger partial charge in [0.25, 0.3) is 0 Å². The van der Waals surface area contributed by atoms with Crippen molar-refractivity contribution in [1.82, 2.24) is 4.90 Å². The van der Waals surface area contributed by atoms with E-state index in [1.807, 2.05) is 24.3 Å². The van der Waals surface area contributed by atoms with E-state index in [0.717, 1.165) is 32.0 Å². The summed E-state index contributed by atoms with van der Waals surface area (Å²) >= 11 is 6.03. The lowest BCUT2D eigenvalue weighted by Crippen LogP contribution is -2.26. The topological polar surface area (TPSA) is 21.7 Å². The van der Waals surface area contributed by atoms with E-state index >= 15 is 0 Å². The standard InChI is InChI=1S/C14H20ClNO2/c1-17-11-12-6-7-16(10-12)8-9-18-14-5-3-2-4-13(14)15/h2-5,12H,6-11H2,1H3/t12-/m0/s1. The lowest BCUT2D eigenvalue weighted by molar-refractivity contribution is 0.150. The van der Waals surface area contributed by atoms with Gasteiger partial charge in [-0.25, -0.2) is 0 Å². The highest BCUT2D eigenvalue weighted by Crippen LogP contribution is 2.23. The van der Waals surface area contributed by atoms with Gasteiger partial charge in [-0.2, -0.15) is 0 Å². The largest absolute Gasteiger partial charge is 0.491 e. The Balaban J connectivity index is 1.69. The van der Waals surface area contributed by atoms with E-state index in [9.17, 15) is 0 Å². The average Bonchev–Trinajstić information content (AvgIpc) is 2.80. The summed E-state index contributed by atoms with van der Waals surface area (Å²) in [6.07, 6.45) is 1.22. The minimum Gasteiger partial charge on any atom is -0.491 e. The van der Waals surface area contributed by atoms with Gasteiger partial charge in [-0.3, -0.25) is 4.90 Å². The van der Waals surface area contributed by atoms with Crippen LogP contribution in [0.25, 0.3) is 0 Å². The fourth-order valence-corrected chi connectivity index (χ4v) is 2.52. The second-order valence-electron chi connectivity index (χ2n) is 4.69. The van der Waals surface area contributed by atoms with Crippen molar-refractivity contribution in [3.8, 4) is 5.75 Å². The van der Waals surface area contributed by atoms with Gasteiger partial charge in [0.2, 0.25) is 0 Å². The van der Waals surface area contributed by atoms with Gasteiger partial charge in [0, 0.05) is 20.2 Å². The van der Waals surface area contributed by atoms with E-state index in [0.29, 0.717) is 17.5 Å². The van der Waals surface area contributed by atoms with Gasteiger partial charge in [0.15, 0.2) is 0 Å². The van der Waals surface area contributed by atoms with E-state index in [1.54, 1.807) is 7.11 Å². The molecule has 0 bridgehead atoms. The maximum Gasteiger partial charge on any atom is 0.137 e. The van der Waals surface area contributed by atoms with Crippen molar-refractivity contribution in [2.24, 2.45) is 5.92 Å². The summed E-state index contributed by atoms with van der Waals surface area (Å²) in [5.74, 6) is 1.45. The van der Waals surface area contributed by atoms with E-state index in [1.165, 1.54) is 6.42 Å². The fourth-order valence-electron chi connectivity index (χ4n) is 2.33. The predicted molar refractivity (Wildman–Crippen MR) is 73.4 cm³/mol. The Morgan fingerprint density at radius 3 is 3.00 bits per heavy atom. The molecule has 3 nitrogen and oxygen atoms in total. The summed E-state index contributed by atoms with van der Waals surface area (Å²) in [7, 11) is 1.77. The highest BCUT2D eigenvalue weighted by molar-refractivity contribution is 6.32. The number of para-hydroxylation sites is 1. The zero-order valence-electron chi connectivity index (χ0n) is 10.8. The van der Waals surface area contributed by atoms with Crippen molar-refractivity contribution in [3.05, 3.63) is 29.3 Å². The molecule has 1 aromatic rings.